The van der Waals surface area contributed by atoms with E-state index in [0.29, 0.717) is 83.3 Å². The predicted octanol–water partition coefficient (Wildman–Crippen LogP) is 15.0. The van der Waals surface area contributed by atoms with Gasteiger partial charge < -0.3 is 24.4 Å². The van der Waals surface area contributed by atoms with Gasteiger partial charge >= 0.3 is 6.01 Å². The van der Waals surface area contributed by atoms with Crippen LogP contribution in [0, 0.1) is 48.1 Å². The molecule has 0 radical (unpaired) electrons. The van der Waals surface area contributed by atoms with Crippen molar-refractivity contribution in [2.24, 2.45) is 34.6 Å². The number of hydrogen-bond donors (Lipinski definition) is 2. The third-order valence-electron chi connectivity index (χ3n) is 18.2. The first kappa shape index (κ1) is 70.0. The summed E-state index contributed by atoms with van der Waals surface area (Å²) in [5.41, 5.74) is 5.24. The minimum atomic E-state index is -0.664. The van der Waals surface area contributed by atoms with Gasteiger partial charge in [-0.2, -0.15) is 9.97 Å². The molecule has 87 heavy (non-hydrogen) atoms. The predicted molar refractivity (Wildman–Crippen MR) is 350 cm³/mol. The van der Waals surface area contributed by atoms with Crippen LogP contribution in [0.5, 0.6) is 11.8 Å². The Labute approximate surface area is 519 Å². The number of phenolic OH excluding ortho intramolecular Hbond substituents is 1. The number of piperidine rings is 3. The highest BCUT2D eigenvalue weighted by Gasteiger charge is 2.37. The zero-order valence-electron chi connectivity index (χ0n) is 55.0. The number of carbonyl (C=O) groups excluding carboxylic acids is 3. The molecular weight excluding hydrogens is 1100 g/mol. The maximum absolute atomic E-state index is 16.1. The fraction of sp³-hybridized carbons (Fsp3) is 0.620. The lowest BCUT2D eigenvalue weighted by Gasteiger charge is -2.35. The van der Waals surface area contributed by atoms with E-state index in [-0.39, 0.29) is 46.5 Å². The van der Waals surface area contributed by atoms with Gasteiger partial charge in [0.2, 0.25) is 11.8 Å². The minimum absolute atomic E-state index is 0.00702. The lowest BCUT2D eigenvalue weighted by Crippen LogP contribution is -2.44. The highest BCUT2D eigenvalue weighted by atomic mass is 19.1. The van der Waals surface area contributed by atoms with Crippen molar-refractivity contribution in [2.75, 3.05) is 64.9 Å². The molecule has 0 saturated carbocycles. The highest BCUT2D eigenvalue weighted by molar-refractivity contribution is 6.17. The molecule has 2 amide bonds. The molecule has 5 aliphatic rings. The second-order valence-electron chi connectivity index (χ2n) is 25.3. The van der Waals surface area contributed by atoms with E-state index < -0.39 is 5.82 Å². The van der Waals surface area contributed by atoms with Crippen LogP contribution in [-0.2, 0) is 25.5 Å². The Kier molecular flexibility index (Phi) is 27.8. The Bertz CT molecular complexity index is 3050. The molecule has 16 heteroatoms. The monoisotopic (exact) mass is 1200 g/mol. The molecule has 5 atom stereocenters. The topological polar surface area (TPSA) is 163 Å². The number of likely N-dealkylation sites (tertiary alicyclic amines) is 1. The van der Waals surface area contributed by atoms with Gasteiger partial charge in [-0.3, -0.25) is 34.6 Å². The summed E-state index contributed by atoms with van der Waals surface area (Å²) in [4.78, 5) is 59.0. The first-order valence-corrected chi connectivity index (χ1v) is 33.0. The van der Waals surface area contributed by atoms with Crippen molar-refractivity contribution in [1.29, 1.82) is 0 Å². The number of nitrogens with zero attached hydrogens (tertiary/aromatic N) is 7. The van der Waals surface area contributed by atoms with Crippen molar-refractivity contribution < 1.29 is 37.7 Å². The van der Waals surface area contributed by atoms with Crippen LogP contribution in [-0.4, -0.2) is 126 Å². The lowest BCUT2D eigenvalue weighted by atomic mass is 9.83. The smallest absolute Gasteiger partial charge is 0.318 e. The molecular formula is C71H104F2N8O6. The minimum Gasteiger partial charge on any atom is -0.508 e. The van der Waals surface area contributed by atoms with Gasteiger partial charge in [-0.25, -0.2) is 8.78 Å². The van der Waals surface area contributed by atoms with E-state index in [4.69, 9.17) is 9.47 Å². The van der Waals surface area contributed by atoms with E-state index in [2.05, 4.69) is 114 Å². The molecule has 2 aromatic heterocycles. The zero-order valence-corrected chi connectivity index (χ0v) is 55.0. The van der Waals surface area contributed by atoms with Gasteiger partial charge in [0.25, 0.3) is 6.47 Å². The number of methoxy groups -OCH3 is 1. The average Bonchev–Trinajstić information content (AvgIpc) is 1.62. The van der Waals surface area contributed by atoms with E-state index >= 15 is 4.39 Å². The fourth-order valence-electron chi connectivity index (χ4n) is 13.2. The Morgan fingerprint density at radius 1 is 0.885 bits per heavy atom. The number of anilines is 1. The van der Waals surface area contributed by atoms with Gasteiger partial charge in [0.15, 0.2) is 5.82 Å². The molecule has 10 rings (SSSR count). The number of nitrogens with one attached hydrogen (secondary N) is 1. The van der Waals surface area contributed by atoms with Crippen LogP contribution >= 0.6 is 0 Å². The standard InChI is InChI=1S/C29H45N3O2.C26H26F2N4O2.C9H15NO2.C5H12.C2H6/c1-6-7-22(9-8-20(2)3)19-32-16-14-23(15-17-32)24-10-11-25(21(4)18-24)28(30-5)26-12-13-27(33)31-29(26)34;1-4-17-20(27)8-7-15-10-16(33)11-18(21(15)17)23-22(28)24-19(12-29-23)25(31-26(30-24)34-3)32-9-5-6-14(2)13-32;11-7-12-6-9-4-3-8-2-1-5-10(8)9;1-4-5(2)3;1-2/h10-11,18,20,22-23,26H,6-9,12-17,19H2,1-5H3,(H,31,33,34);7-8,10-12,14,33H,4-6,9,13H2,1-3H3;7-9H,1-6H2;5H,4H2,1-3H3;1-2H3. The van der Waals surface area contributed by atoms with Crippen LogP contribution in [0.25, 0.3) is 32.9 Å². The van der Waals surface area contributed by atoms with Gasteiger partial charge in [-0.1, -0.05) is 113 Å². The average molecular weight is 1200 g/mol. The van der Waals surface area contributed by atoms with Crippen molar-refractivity contribution in [3.63, 3.8) is 0 Å². The SMILES string of the molecule is CC.CCC(C)C.CCCC(CCC(C)C)CN1CCC(c2ccc(C(=NC)C3CCC(=O)NC3=O)c(C)c2)CC1.CCc1c(F)ccc2cc(O)cc(-c3ncc4c(N5CCCC(C)C5)nc(OC)nc4c3F)c12.O=COCC1CCC2CCCN21. The molecule has 3 aromatic carbocycles. The summed E-state index contributed by atoms with van der Waals surface area (Å²) >= 11 is 0. The Balaban J connectivity index is 0.000000214. The molecule has 478 valence electrons. The van der Waals surface area contributed by atoms with Gasteiger partial charge in [-0.15, -0.1) is 0 Å². The van der Waals surface area contributed by atoms with E-state index in [9.17, 15) is 23.9 Å². The number of carbonyl (C=O) groups is 3. The number of pyridine rings is 1. The summed E-state index contributed by atoms with van der Waals surface area (Å²) in [6, 6.07) is 14.0. The third-order valence-corrected chi connectivity index (χ3v) is 18.2. The normalized spacial score (nSPS) is 20.3. The molecule has 7 heterocycles. The first-order chi connectivity index (χ1) is 41.9. The quantitative estimate of drug-likeness (QED) is 0.0486. The molecule has 5 saturated heterocycles. The third kappa shape index (κ3) is 18.7. The molecule has 14 nitrogen and oxygen atoms in total. The number of imide groups is 1. The van der Waals surface area contributed by atoms with Crippen LogP contribution < -0.4 is 15.0 Å². The molecule has 5 unspecified atom stereocenters. The molecule has 0 aliphatic carbocycles. The second-order valence-corrected chi connectivity index (χ2v) is 25.3. The van der Waals surface area contributed by atoms with Crippen molar-refractivity contribution >= 4 is 51.5 Å². The van der Waals surface area contributed by atoms with Crippen LogP contribution in [0.4, 0.5) is 14.6 Å². The second kappa shape index (κ2) is 34.6. The zero-order chi connectivity index (χ0) is 63.3. The van der Waals surface area contributed by atoms with Crippen LogP contribution in [0.15, 0.2) is 53.7 Å². The maximum Gasteiger partial charge on any atom is 0.318 e. The summed E-state index contributed by atoms with van der Waals surface area (Å²) in [6.07, 6.45) is 19.3. The van der Waals surface area contributed by atoms with E-state index in [1.54, 1.807) is 19.3 Å². The number of benzene rings is 3. The van der Waals surface area contributed by atoms with Gasteiger partial charge in [0.1, 0.15) is 35.2 Å². The number of amides is 2. The summed E-state index contributed by atoms with van der Waals surface area (Å²) < 4.78 is 40.8. The molecule has 0 spiro atoms. The Hall–Kier alpha value is -6.13. The number of ether oxygens (including phenoxy) is 2. The Morgan fingerprint density at radius 2 is 1.62 bits per heavy atom. The van der Waals surface area contributed by atoms with Gasteiger partial charge in [0.05, 0.1) is 24.1 Å². The lowest BCUT2D eigenvalue weighted by molar-refractivity contribution is -0.134. The molecule has 5 fully saturated rings. The molecule has 5 aliphatic heterocycles. The maximum atomic E-state index is 16.1. The van der Waals surface area contributed by atoms with Crippen LogP contribution in [0.1, 0.15) is 194 Å². The van der Waals surface area contributed by atoms with Crippen LogP contribution in [0.3, 0.4) is 0 Å². The fourth-order valence-corrected chi connectivity index (χ4v) is 13.2. The number of rotatable bonds is 18. The van der Waals surface area contributed by atoms with Crippen molar-refractivity contribution in [3.8, 4) is 23.0 Å². The number of hydrogen-bond acceptors (Lipinski definition) is 13. The van der Waals surface area contributed by atoms with Crippen molar-refractivity contribution in [3.05, 3.63) is 82.5 Å². The number of phenols is 1. The summed E-state index contributed by atoms with van der Waals surface area (Å²) in [5.74, 6) is 2.35. The molecule has 5 aromatic rings. The number of fused-ring (bicyclic) bond motifs is 3. The Morgan fingerprint density at radius 3 is 2.25 bits per heavy atom. The highest BCUT2D eigenvalue weighted by Crippen LogP contribution is 2.40. The molecule has 0 bridgehead atoms. The number of aliphatic imine (C=N–C) groups is 1. The molecule has 2 N–H and O–H groups in total. The van der Waals surface area contributed by atoms with E-state index in [1.807, 2.05) is 20.8 Å². The first-order valence-electron chi connectivity index (χ1n) is 33.0. The largest absolute Gasteiger partial charge is 0.508 e. The number of aromatic hydroxyl groups is 1. The van der Waals surface area contributed by atoms with Crippen molar-refractivity contribution in [1.82, 2.24) is 30.1 Å². The summed E-state index contributed by atoms with van der Waals surface area (Å²) in [7, 11) is 3.19. The van der Waals surface area contributed by atoms with Gasteiger partial charge in [0, 0.05) is 56.9 Å². The summed E-state index contributed by atoms with van der Waals surface area (Å²) in [5, 5.41) is 14.4. The summed E-state index contributed by atoms with van der Waals surface area (Å²) in [6.45, 7) is 31.4. The number of aryl methyl sites for hydroxylation is 2. The number of aromatic nitrogens is 3. The van der Waals surface area contributed by atoms with Gasteiger partial charge in [-0.05, 0) is 184 Å². The van der Waals surface area contributed by atoms with E-state index in [0.717, 1.165) is 61.0 Å². The van der Waals surface area contributed by atoms with Crippen molar-refractivity contribution in [2.45, 2.75) is 197 Å². The number of halogens is 2. The van der Waals surface area contributed by atoms with E-state index in [1.165, 1.54) is 133 Å². The van der Waals surface area contributed by atoms with Crippen LogP contribution in [0.2, 0.25) is 0 Å².